The lowest BCUT2D eigenvalue weighted by Crippen LogP contribution is -2.24. The first-order chi connectivity index (χ1) is 15.8. The van der Waals surface area contributed by atoms with Crippen molar-refractivity contribution in [2.24, 2.45) is 0 Å². The lowest BCUT2D eigenvalue weighted by atomic mass is 10.0. The lowest BCUT2D eigenvalue weighted by Gasteiger charge is -2.19. The van der Waals surface area contributed by atoms with E-state index in [1.54, 1.807) is 49.1 Å². The Kier molecular flexibility index (Phi) is 7.33. The molecule has 0 saturated heterocycles. The SMILES string of the molecule is CCOC(=O)C1=C(C)N(c2ccc(C)c(C)c2)C(=O)/C1=C\c1ccc(OCC(=O)OC)cc1. The number of benzene rings is 2. The molecule has 2 aromatic carbocycles. The predicted octanol–water partition coefficient (Wildman–Crippen LogP) is 4.12. The van der Waals surface area contributed by atoms with Crippen molar-refractivity contribution in [2.45, 2.75) is 27.7 Å². The van der Waals surface area contributed by atoms with Crippen LogP contribution in [0.15, 0.2) is 59.3 Å². The Morgan fingerprint density at radius 3 is 2.30 bits per heavy atom. The summed E-state index contributed by atoms with van der Waals surface area (Å²) in [6, 6.07) is 12.6. The van der Waals surface area contributed by atoms with Crippen molar-refractivity contribution in [3.8, 4) is 5.75 Å². The fraction of sp³-hybridized carbons (Fsp3) is 0.269. The highest BCUT2D eigenvalue weighted by atomic mass is 16.6. The van der Waals surface area contributed by atoms with Gasteiger partial charge in [-0.25, -0.2) is 9.59 Å². The maximum absolute atomic E-state index is 13.4. The number of allylic oxidation sites excluding steroid dienone is 1. The van der Waals surface area contributed by atoms with Gasteiger partial charge in [0.1, 0.15) is 5.75 Å². The van der Waals surface area contributed by atoms with Gasteiger partial charge in [0.15, 0.2) is 6.61 Å². The van der Waals surface area contributed by atoms with E-state index < -0.39 is 11.9 Å². The standard InChI is InChI=1S/C26H27NO6/c1-6-32-26(30)24-18(4)27(20-10-7-16(2)17(3)13-20)25(29)22(24)14-19-8-11-21(12-9-19)33-15-23(28)31-5/h7-14H,6,15H2,1-5H3/b22-14-. The molecule has 3 rings (SSSR count). The second-order valence-corrected chi connectivity index (χ2v) is 7.58. The molecule has 0 aromatic heterocycles. The van der Waals surface area contributed by atoms with Gasteiger partial charge < -0.3 is 14.2 Å². The number of nitrogens with zero attached hydrogens (tertiary/aromatic N) is 1. The molecule has 7 nitrogen and oxygen atoms in total. The van der Waals surface area contributed by atoms with E-state index in [2.05, 4.69) is 4.74 Å². The zero-order chi connectivity index (χ0) is 24.1. The Morgan fingerprint density at radius 1 is 1.00 bits per heavy atom. The molecular weight excluding hydrogens is 422 g/mol. The van der Waals surface area contributed by atoms with E-state index in [0.29, 0.717) is 22.7 Å². The van der Waals surface area contributed by atoms with Crippen LogP contribution in [0.5, 0.6) is 5.75 Å². The molecule has 0 atom stereocenters. The van der Waals surface area contributed by atoms with Gasteiger partial charge in [0, 0.05) is 11.4 Å². The van der Waals surface area contributed by atoms with Gasteiger partial charge in [-0.1, -0.05) is 18.2 Å². The van der Waals surface area contributed by atoms with Crippen molar-refractivity contribution in [3.05, 3.63) is 76.0 Å². The molecule has 0 fully saturated rings. The number of hydrogen-bond acceptors (Lipinski definition) is 6. The van der Waals surface area contributed by atoms with Gasteiger partial charge in [-0.3, -0.25) is 9.69 Å². The van der Waals surface area contributed by atoms with E-state index >= 15 is 0 Å². The van der Waals surface area contributed by atoms with Crippen molar-refractivity contribution in [1.82, 2.24) is 0 Å². The van der Waals surface area contributed by atoms with Crippen LogP contribution in [-0.2, 0) is 23.9 Å². The van der Waals surface area contributed by atoms with Crippen LogP contribution in [0.1, 0.15) is 30.5 Å². The van der Waals surface area contributed by atoms with E-state index in [4.69, 9.17) is 9.47 Å². The summed E-state index contributed by atoms with van der Waals surface area (Å²) >= 11 is 0. The van der Waals surface area contributed by atoms with Gasteiger partial charge in [-0.2, -0.15) is 0 Å². The quantitative estimate of drug-likeness (QED) is 0.467. The first-order valence-electron chi connectivity index (χ1n) is 10.6. The summed E-state index contributed by atoms with van der Waals surface area (Å²) < 4.78 is 15.2. The minimum absolute atomic E-state index is 0.199. The zero-order valence-corrected chi connectivity index (χ0v) is 19.4. The predicted molar refractivity (Wildman–Crippen MR) is 125 cm³/mol. The van der Waals surface area contributed by atoms with Crippen LogP contribution in [0.4, 0.5) is 5.69 Å². The zero-order valence-electron chi connectivity index (χ0n) is 19.4. The molecule has 0 aliphatic carbocycles. The number of carbonyl (C=O) groups excluding carboxylic acids is 3. The maximum Gasteiger partial charge on any atom is 0.343 e. The molecule has 172 valence electrons. The van der Waals surface area contributed by atoms with E-state index in [1.807, 2.05) is 32.0 Å². The van der Waals surface area contributed by atoms with Crippen LogP contribution in [0.25, 0.3) is 6.08 Å². The number of rotatable bonds is 7. The van der Waals surface area contributed by atoms with E-state index in [0.717, 1.165) is 11.1 Å². The molecule has 1 amide bonds. The Morgan fingerprint density at radius 2 is 1.70 bits per heavy atom. The lowest BCUT2D eigenvalue weighted by molar-refractivity contribution is -0.143. The Balaban J connectivity index is 1.97. The smallest absolute Gasteiger partial charge is 0.343 e. The van der Waals surface area contributed by atoms with E-state index in [9.17, 15) is 14.4 Å². The number of methoxy groups -OCH3 is 1. The summed E-state index contributed by atoms with van der Waals surface area (Å²) in [5.74, 6) is -0.845. The van der Waals surface area contributed by atoms with Gasteiger partial charge >= 0.3 is 11.9 Å². The Labute approximate surface area is 193 Å². The number of esters is 2. The second-order valence-electron chi connectivity index (χ2n) is 7.58. The molecule has 1 aliphatic heterocycles. The van der Waals surface area contributed by atoms with E-state index in [1.165, 1.54) is 7.11 Å². The van der Waals surface area contributed by atoms with Gasteiger partial charge in [0.05, 0.1) is 24.9 Å². The number of anilines is 1. The van der Waals surface area contributed by atoms with Crippen LogP contribution < -0.4 is 9.64 Å². The number of carbonyl (C=O) groups is 3. The van der Waals surface area contributed by atoms with Crippen molar-refractivity contribution < 1.29 is 28.6 Å². The van der Waals surface area contributed by atoms with Gasteiger partial charge in [0.25, 0.3) is 5.91 Å². The molecule has 1 aliphatic rings. The number of hydrogen-bond donors (Lipinski definition) is 0. The Hall–Kier alpha value is -3.87. The molecule has 7 heteroatoms. The fourth-order valence-electron chi connectivity index (χ4n) is 3.48. The molecule has 33 heavy (non-hydrogen) atoms. The van der Waals surface area contributed by atoms with Crippen LogP contribution in [0.3, 0.4) is 0 Å². The topological polar surface area (TPSA) is 82.1 Å². The highest BCUT2D eigenvalue weighted by Crippen LogP contribution is 2.36. The first kappa shape index (κ1) is 23.8. The molecular formula is C26H27NO6. The Bertz CT molecular complexity index is 1140. The van der Waals surface area contributed by atoms with Gasteiger partial charge in [0.2, 0.25) is 0 Å². The molecule has 2 aromatic rings. The molecule has 1 heterocycles. The summed E-state index contributed by atoms with van der Waals surface area (Å²) in [5.41, 5.74) is 4.57. The largest absolute Gasteiger partial charge is 0.482 e. The van der Waals surface area contributed by atoms with Gasteiger partial charge in [-0.05, 0) is 74.7 Å². The monoisotopic (exact) mass is 449 g/mol. The molecule has 0 N–H and O–H groups in total. The van der Waals surface area contributed by atoms with Crippen LogP contribution >= 0.6 is 0 Å². The molecule has 0 unspecified atom stereocenters. The maximum atomic E-state index is 13.4. The second kappa shape index (κ2) is 10.2. The molecule has 0 bridgehead atoms. The normalized spacial score (nSPS) is 14.6. The van der Waals surface area contributed by atoms with Crippen LogP contribution in [0.2, 0.25) is 0 Å². The fourth-order valence-corrected chi connectivity index (χ4v) is 3.48. The third-order valence-electron chi connectivity index (χ3n) is 5.40. The summed E-state index contributed by atoms with van der Waals surface area (Å²) in [5, 5.41) is 0. The van der Waals surface area contributed by atoms with E-state index in [-0.39, 0.29) is 30.3 Å². The third kappa shape index (κ3) is 5.14. The highest BCUT2D eigenvalue weighted by Gasteiger charge is 2.38. The van der Waals surface area contributed by atoms with Crippen LogP contribution in [0, 0.1) is 13.8 Å². The first-order valence-corrected chi connectivity index (χ1v) is 10.6. The summed E-state index contributed by atoms with van der Waals surface area (Å²) in [7, 11) is 1.29. The summed E-state index contributed by atoms with van der Waals surface area (Å²) in [4.78, 5) is 39.0. The van der Waals surface area contributed by atoms with Crippen LogP contribution in [-0.4, -0.2) is 38.2 Å². The summed E-state index contributed by atoms with van der Waals surface area (Å²) in [6.07, 6.45) is 1.66. The van der Waals surface area contributed by atoms with Crippen molar-refractivity contribution >= 4 is 29.6 Å². The number of amides is 1. The van der Waals surface area contributed by atoms with Crippen molar-refractivity contribution in [1.29, 1.82) is 0 Å². The molecule has 0 radical (unpaired) electrons. The van der Waals surface area contributed by atoms with Crippen molar-refractivity contribution in [2.75, 3.05) is 25.2 Å². The van der Waals surface area contributed by atoms with Gasteiger partial charge in [-0.15, -0.1) is 0 Å². The minimum atomic E-state index is -0.543. The average Bonchev–Trinajstić information content (AvgIpc) is 3.04. The van der Waals surface area contributed by atoms with Crippen molar-refractivity contribution in [3.63, 3.8) is 0 Å². The number of ether oxygens (including phenoxy) is 3. The molecule has 0 saturated carbocycles. The highest BCUT2D eigenvalue weighted by molar-refractivity contribution is 6.23. The minimum Gasteiger partial charge on any atom is -0.482 e. The summed E-state index contributed by atoms with van der Waals surface area (Å²) in [6.45, 7) is 7.45. The number of aryl methyl sites for hydroxylation is 2. The molecule has 0 spiro atoms. The third-order valence-corrected chi connectivity index (χ3v) is 5.40. The average molecular weight is 450 g/mol.